The number of carboxylic acids is 1. The van der Waals surface area contributed by atoms with Crippen molar-refractivity contribution in [1.29, 1.82) is 0 Å². The second kappa shape index (κ2) is 4.26. The highest BCUT2D eigenvalue weighted by molar-refractivity contribution is 5.93. The maximum absolute atomic E-state index is 11.3. The molecule has 2 aliphatic rings. The molecule has 0 amide bonds. The molecule has 3 rings (SSSR count). The van der Waals surface area contributed by atoms with Crippen LogP contribution in [0.2, 0.25) is 0 Å². The molecule has 0 aliphatic heterocycles. The molecule has 1 saturated carbocycles. The number of pyridine rings is 1. The topological polar surface area (TPSA) is 62.2 Å². The first-order valence-electron chi connectivity index (χ1n) is 6.68. The summed E-state index contributed by atoms with van der Waals surface area (Å²) in [7, 11) is 0. The van der Waals surface area contributed by atoms with Crippen LogP contribution in [0.3, 0.4) is 0 Å². The third-order valence-electron chi connectivity index (χ3n) is 3.96. The number of carboxylic acid groups (broad SMARTS) is 1. The van der Waals surface area contributed by atoms with Crippen molar-refractivity contribution in [2.45, 2.75) is 45.1 Å². The second-order valence-electron chi connectivity index (χ2n) is 5.47. The fraction of sp³-hybridized carbons (Fsp3) is 0.571. The molecule has 2 atom stereocenters. The van der Waals surface area contributed by atoms with E-state index in [4.69, 9.17) is 0 Å². The SMILES string of the molecule is CC1CC1Nc1nc2c(cc1C(=O)O)CCCC2. The van der Waals surface area contributed by atoms with Gasteiger partial charge in [0.2, 0.25) is 0 Å². The van der Waals surface area contributed by atoms with Crippen LogP contribution in [0.5, 0.6) is 0 Å². The van der Waals surface area contributed by atoms with Crippen molar-refractivity contribution < 1.29 is 9.90 Å². The molecular weight excluding hydrogens is 228 g/mol. The number of aromatic nitrogens is 1. The average molecular weight is 246 g/mol. The van der Waals surface area contributed by atoms with Crippen molar-refractivity contribution in [3.05, 3.63) is 22.9 Å². The Hall–Kier alpha value is -1.58. The first kappa shape index (κ1) is 11.5. The molecule has 4 nitrogen and oxygen atoms in total. The number of hydrogen-bond donors (Lipinski definition) is 2. The quantitative estimate of drug-likeness (QED) is 0.860. The Morgan fingerprint density at radius 2 is 2.17 bits per heavy atom. The molecule has 1 fully saturated rings. The number of nitrogens with one attached hydrogen (secondary N) is 1. The Morgan fingerprint density at radius 3 is 2.83 bits per heavy atom. The number of fused-ring (bicyclic) bond motifs is 1. The minimum atomic E-state index is -0.883. The van der Waals surface area contributed by atoms with E-state index in [9.17, 15) is 9.90 Å². The van der Waals surface area contributed by atoms with Crippen LogP contribution in [0.1, 0.15) is 47.8 Å². The summed E-state index contributed by atoms with van der Waals surface area (Å²) in [6.07, 6.45) is 5.34. The number of hydrogen-bond acceptors (Lipinski definition) is 3. The lowest BCUT2D eigenvalue weighted by atomic mass is 9.94. The summed E-state index contributed by atoms with van der Waals surface area (Å²) in [6, 6.07) is 2.22. The Bertz CT molecular complexity index is 499. The van der Waals surface area contributed by atoms with Crippen LogP contribution in [0.15, 0.2) is 6.07 Å². The third kappa shape index (κ3) is 2.07. The summed E-state index contributed by atoms with van der Waals surface area (Å²) in [5.41, 5.74) is 2.53. The predicted molar refractivity (Wildman–Crippen MR) is 69.0 cm³/mol. The van der Waals surface area contributed by atoms with Gasteiger partial charge in [0.05, 0.1) is 0 Å². The highest BCUT2D eigenvalue weighted by atomic mass is 16.4. The van der Waals surface area contributed by atoms with Gasteiger partial charge in [-0.25, -0.2) is 9.78 Å². The van der Waals surface area contributed by atoms with E-state index in [1.807, 2.05) is 6.07 Å². The van der Waals surface area contributed by atoms with Gasteiger partial charge >= 0.3 is 5.97 Å². The van der Waals surface area contributed by atoms with Crippen LogP contribution in [-0.2, 0) is 12.8 Å². The van der Waals surface area contributed by atoms with E-state index in [0.717, 1.165) is 43.4 Å². The number of anilines is 1. The number of carbonyl (C=O) groups is 1. The first-order chi connectivity index (χ1) is 8.65. The van der Waals surface area contributed by atoms with Crippen LogP contribution in [0, 0.1) is 5.92 Å². The lowest BCUT2D eigenvalue weighted by Gasteiger charge is -2.18. The molecule has 2 N–H and O–H groups in total. The summed E-state index contributed by atoms with van der Waals surface area (Å²) in [6.45, 7) is 2.16. The fourth-order valence-corrected chi connectivity index (χ4v) is 2.61. The molecule has 2 aliphatic carbocycles. The van der Waals surface area contributed by atoms with Gasteiger partial charge in [0.15, 0.2) is 0 Å². The van der Waals surface area contributed by atoms with Gasteiger partial charge < -0.3 is 10.4 Å². The van der Waals surface area contributed by atoms with Gasteiger partial charge in [0, 0.05) is 11.7 Å². The molecule has 1 aromatic heterocycles. The maximum atomic E-state index is 11.3. The normalized spacial score (nSPS) is 25.4. The molecule has 96 valence electrons. The second-order valence-corrected chi connectivity index (χ2v) is 5.47. The summed E-state index contributed by atoms with van der Waals surface area (Å²) in [4.78, 5) is 15.9. The first-order valence-corrected chi connectivity index (χ1v) is 6.68. The molecule has 4 heteroatoms. The molecule has 1 heterocycles. The summed E-state index contributed by atoms with van der Waals surface area (Å²) in [5, 5.41) is 12.6. The van der Waals surface area contributed by atoms with Gasteiger partial charge in [-0.05, 0) is 49.7 Å². The molecule has 0 radical (unpaired) electrons. The van der Waals surface area contributed by atoms with Gasteiger partial charge in [0.1, 0.15) is 11.4 Å². The van der Waals surface area contributed by atoms with E-state index >= 15 is 0 Å². The highest BCUT2D eigenvalue weighted by Gasteiger charge is 2.34. The van der Waals surface area contributed by atoms with Crippen LogP contribution in [-0.4, -0.2) is 22.1 Å². The van der Waals surface area contributed by atoms with E-state index < -0.39 is 5.97 Å². The van der Waals surface area contributed by atoms with Crippen LogP contribution < -0.4 is 5.32 Å². The lowest BCUT2D eigenvalue weighted by Crippen LogP contribution is -2.15. The minimum absolute atomic E-state index is 0.328. The Labute approximate surface area is 106 Å². The smallest absolute Gasteiger partial charge is 0.339 e. The summed E-state index contributed by atoms with van der Waals surface area (Å²) < 4.78 is 0. The van der Waals surface area contributed by atoms with E-state index in [1.165, 1.54) is 0 Å². The van der Waals surface area contributed by atoms with E-state index in [1.54, 1.807) is 0 Å². The van der Waals surface area contributed by atoms with Crippen LogP contribution in [0.4, 0.5) is 5.82 Å². The zero-order valence-electron chi connectivity index (χ0n) is 10.6. The lowest BCUT2D eigenvalue weighted by molar-refractivity contribution is 0.0697. The molecule has 18 heavy (non-hydrogen) atoms. The van der Waals surface area contributed by atoms with E-state index in [2.05, 4.69) is 17.2 Å². The average Bonchev–Trinajstić information content (AvgIpc) is 3.04. The standard InChI is InChI=1S/C14H18N2O2/c1-8-6-12(8)16-13-10(14(17)18)7-9-4-2-3-5-11(9)15-13/h7-8,12H,2-6H2,1H3,(H,15,16)(H,17,18). The van der Waals surface area contributed by atoms with Gasteiger partial charge in [-0.1, -0.05) is 6.92 Å². The Kier molecular flexibility index (Phi) is 2.73. The highest BCUT2D eigenvalue weighted by Crippen LogP contribution is 2.34. The number of rotatable bonds is 3. The van der Waals surface area contributed by atoms with Crippen molar-refractivity contribution in [1.82, 2.24) is 4.98 Å². The Morgan fingerprint density at radius 1 is 1.44 bits per heavy atom. The van der Waals surface area contributed by atoms with Gasteiger partial charge in [-0.15, -0.1) is 0 Å². The van der Waals surface area contributed by atoms with Crippen molar-refractivity contribution in [3.63, 3.8) is 0 Å². The predicted octanol–water partition coefficient (Wildman–Crippen LogP) is 2.48. The molecule has 0 bridgehead atoms. The molecule has 1 aromatic rings. The van der Waals surface area contributed by atoms with Gasteiger partial charge in [0.25, 0.3) is 0 Å². The van der Waals surface area contributed by atoms with Crippen molar-refractivity contribution in [3.8, 4) is 0 Å². The summed E-state index contributed by atoms with van der Waals surface area (Å²) >= 11 is 0. The molecule has 0 aromatic carbocycles. The molecular formula is C14H18N2O2. The van der Waals surface area contributed by atoms with Crippen molar-refractivity contribution in [2.24, 2.45) is 5.92 Å². The number of aromatic carboxylic acids is 1. The maximum Gasteiger partial charge on any atom is 0.339 e. The van der Waals surface area contributed by atoms with Gasteiger partial charge in [-0.3, -0.25) is 0 Å². The third-order valence-corrected chi connectivity index (χ3v) is 3.96. The van der Waals surface area contributed by atoms with Crippen LogP contribution >= 0.6 is 0 Å². The minimum Gasteiger partial charge on any atom is -0.478 e. The zero-order chi connectivity index (χ0) is 12.7. The largest absolute Gasteiger partial charge is 0.478 e. The van der Waals surface area contributed by atoms with Crippen molar-refractivity contribution in [2.75, 3.05) is 5.32 Å². The van der Waals surface area contributed by atoms with E-state index in [-0.39, 0.29) is 0 Å². The molecule has 2 unspecified atom stereocenters. The molecule has 0 spiro atoms. The fourth-order valence-electron chi connectivity index (χ4n) is 2.61. The monoisotopic (exact) mass is 246 g/mol. The number of aryl methyl sites for hydroxylation is 2. The zero-order valence-corrected chi connectivity index (χ0v) is 10.6. The van der Waals surface area contributed by atoms with Gasteiger partial charge in [-0.2, -0.15) is 0 Å². The Balaban J connectivity index is 1.96. The summed E-state index contributed by atoms with van der Waals surface area (Å²) in [5.74, 6) is 0.314. The molecule has 0 saturated heterocycles. The van der Waals surface area contributed by atoms with Crippen molar-refractivity contribution >= 4 is 11.8 Å². The van der Waals surface area contributed by atoms with E-state index in [0.29, 0.717) is 23.3 Å². The number of nitrogens with zero attached hydrogens (tertiary/aromatic N) is 1. The van der Waals surface area contributed by atoms with Crippen LogP contribution in [0.25, 0.3) is 0 Å².